The van der Waals surface area contributed by atoms with Crippen LogP contribution in [-0.2, 0) is 4.79 Å². The second-order valence-electron chi connectivity index (χ2n) is 4.61. The van der Waals surface area contributed by atoms with Gasteiger partial charge in [0.25, 0.3) is 0 Å². The molecule has 1 saturated heterocycles. The Hall–Kier alpha value is -0.520. The number of carbonyl (C=O) groups excluding carboxylic acids is 1. The van der Waals surface area contributed by atoms with E-state index in [9.17, 15) is 4.79 Å². The van der Waals surface area contributed by atoms with Crippen LogP contribution in [0, 0.1) is 13.8 Å². The van der Waals surface area contributed by atoms with Gasteiger partial charge in [-0.05, 0) is 37.1 Å². The van der Waals surface area contributed by atoms with Crippen LogP contribution >= 0.6 is 27.7 Å². The predicted molar refractivity (Wildman–Crippen MR) is 76.9 cm³/mol. The van der Waals surface area contributed by atoms with E-state index in [1.54, 1.807) is 16.7 Å². The molecule has 0 bridgehead atoms. The Morgan fingerprint density at radius 2 is 2.11 bits per heavy atom. The molecule has 1 fully saturated rings. The van der Waals surface area contributed by atoms with Crippen LogP contribution in [0.4, 0.5) is 0 Å². The molecule has 1 N–H and O–H groups in total. The van der Waals surface area contributed by atoms with Gasteiger partial charge in [0.15, 0.2) is 0 Å². The average Bonchev–Trinajstić information content (AvgIpc) is 2.27. The van der Waals surface area contributed by atoms with Gasteiger partial charge in [-0.2, -0.15) is 0 Å². The first kappa shape index (κ1) is 13.9. The van der Waals surface area contributed by atoms with Gasteiger partial charge in [-0.3, -0.25) is 4.79 Å². The van der Waals surface area contributed by atoms with Crippen LogP contribution in [0.15, 0.2) is 21.5 Å². The molecule has 0 saturated carbocycles. The molecule has 0 radical (unpaired) electrons. The first-order chi connectivity index (χ1) is 8.47. The zero-order chi connectivity index (χ0) is 13.3. The molecule has 1 heterocycles. The van der Waals surface area contributed by atoms with Crippen molar-refractivity contribution in [3.63, 3.8) is 0 Å². The molecule has 0 aliphatic carbocycles. The van der Waals surface area contributed by atoms with Crippen LogP contribution in [0.3, 0.4) is 0 Å². The molecular formula is C13H16BrNO2S. The molecule has 1 aromatic rings. The number of halogens is 1. The number of nitrogens with zero attached hydrogens (tertiary/aromatic N) is 1. The van der Waals surface area contributed by atoms with E-state index in [-0.39, 0.29) is 12.0 Å². The molecule has 1 aliphatic heterocycles. The average molecular weight is 330 g/mol. The number of hydrogen-bond acceptors (Lipinski definition) is 3. The minimum absolute atomic E-state index is 0.102. The highest BCUT2D eigenvalue weighted by Gasteiger charge is 2.28. The second kappa shape index (κ2) is 5.63. The topological polar surface area (TPSA) is 40.5 Å². The number of amides is 1. The van der Waals surface area contributed by atoms with E-state index < -0.39 is 0 Å². The van der Waals surface area contributed by atoms with Crippen molar-refractivity contribution in [2.45, 2.75) is 24.8 Å². The van der Waals surface area contributed by atoms with E-state index in [1.165, 1.54) is 11.1 Å². The van der Waals surface area contributed by atoms with E-state index in [1.807, 2.05) is 13.8 Å². The van der Waals surface area contributed by atoms with Gasteiger partial charge in [-0.1, -0.05) is 15.9 Å². The summed E-state index contributed by atoms with van der Waals surface area (Å²) in [5, 5.41) is 9.16. The fourth-order valence-corrected chi connectivity index (χ4v) is 3.27. The van der Waals surface area contributed by atoms with Gasteiger partial charge in [0.05, 0.1) is 11.9 Å². The maximum atomic E-state index is 11.8. The Morgan fingerprint density at radius 3 is 2.72 bits per heavy atom. The molecular weight excluding hydrogens is 314 g/mol. The highest BCUT2D eigenvalue weighted by molar-refractivity contribution is 9.10. The first-order valence-electron chi connectivity index (χ1n) is 5.82. The monoisotopic (exact) mass is 329 g/mol. The number of likely N-dealkylation sites (tertiary alicyclic amines) is 1. The number of β-amino-alcohol motifs (C(OH)–C–C–N with tert-alkyl or cyclic N) is 1. The summed E-state index contributed by atoms with van der Waals surface area (Å²) in [6, 6.07) is 4.18. The highest BCUT2D eigenvalue weighted by atomic mass is 79.9. The normalized spacial score (nSPS) is 15.7. The highest BCUT2D eigenvalue weighted by Crippen LogP contribution is 2.28. The quantitative estimate of drug-likeness (QED) is 0.865. The van der Waals surface area contributed by atoms with Crippen molar-refractivity contribution in [2.75, 3.05) is 18.8 Å². The summed E-state index contributed by atoms with van der Waals surface area (Å²) >= 11 is 5.06. The van der Waals surface area contributed by atoms with Gasteiger partial charge in [-0.15, -0.1) is 11.8 Å². The van der Waals surface area contributed by atoms with Crippen molar-refractivity contribution >= 4 is 33.6 Å². The number of hydrogen-bond donors (Lipinski definition) is 1. The number of aryl methyl sites for hydroxylation is 2. The third-order valence-electron chi connectivity index (χ3n) is 3.02. The second-order valence-corrected chi connectivity index (χ2v) is 6.48. The molecule has 0 spiro atoms. The molecule has 1 aliphatic rings. The lowest BCUT2D eigenvalue weighted by molar-refractivity contribution is -0.138. The van der Waals surface area contributed by atoms with Crippen LogP contribution < -0.4 is 0 Å². The Kier molecular flexibility index (Phi) is 4.35. The SMILES string of the molecule is Cc1cc(SCC(=O)N2CC(O)C2)c(C)cc1Br. The summed E-state index contributed by atoms with van der Waals surface area (Å²) in [6.45, 7) is 5.06. The number of aliphatic hydroxyl groups excluding tert-OH is 1. The number of aliphatic hydroxyl groups is 1. The number of carbonyl (C=O) groups is 1. The summed E-state index contributed by atoms with van der Waals surface area (Å²) in [7, 11) is 0. The third kappa shape index (κ3) is 3.08. The third-order valence-corrected chi connectivity index (χ3v) is 5.02. The van der Waals surface area contributed by atoms with Gasteiger partial charge >= 0.3 is 0 Å². The first-order valence-corrected chi connectivity index (χ1v) is 7.60. The fraction of sp³-hybridized carbons (Fsp3) is 0.462. The summed E-state index contributed by atoms with van der Waals surface area (Å²) in [5.41, 5.74) is 2.35. The minimum atomic E-state index is -0.324. The van der Waals surface area contributed by atoms with Crippen molar-refractivity contribution in [1.82, 2.24) is 4.90 Å². The van der Waals surface area contributed by atoms with Crippen LogP contribution in [-0.4, -0.2) is 40.9 Å². The molecule has 98 valence electrons. The largest absolute Gasteiger partial charge is 0.389 e. The van der Waals surface area contributed by atoms with Crippen LogP contribution in [0.2, 0.25) is 0 Å². The van der Waals surface area contributed by atoms with Crippen LogP contribution in [0.5, 0.6) is 0 Å². The van der Waals surface area contributed by atoms with Crippen molar-refractivity contribution in [3.05, 3.63) is 27.7 Å². The van der Waals surface area contributed by atoms with Crippen molar-refractivity contribution in [1.29, 1.82) is 0 Å². The van der Waals surface area contributed by atoms with E-state index in [0.29, 0.717) is 18.8 Å². The van der Waals surface area contributed by atoms with E-state index in [0.717, 1.165) is 9.37 Å². The molecule has 1 amide bonds. The molecule has 3 nitrogen and oxygen atoms in total. The van der Waals surface area contributed by atoms with Crippen molar-refractivity contribution < 1.29 is 9.90 Å². The lowest BCUT2D eigenvalue weighted by atomic mass is 10.2. The molecule has 0 unspecified atom stereocenters. The molecule has 0 aromatic heterocycles. The smallest absolute Gasteiger partial charge is 0.233 e. The number of benzene rings is 1. The standard InChI is InChI=1S/C13H16BrNO2S/c1-8-4-12(9(2)3-11(8)14)18-7-13(17)15-5-10(16)6-15/h3-4,10,16H,5-7H2,1-2H3. The Labute approximate surface area is 120 Å². The molecule has 5 heteroatoms. The van der Waals surface area contributed by atoms with E-state index >= 15 is 0 Å². The Morgan fingerprint density at radius 1 is 1.44 bits per heavy atom. The van der Waals surface area contributed by atoms with Crippen LogP contribution in [0.1, 0.15) is 11.1 Å². The lowest BCUT2D eigenvalue weighted by Gasteiger charge is -2.35. The lowest BCUT2D eigenvalue weighted by Crippen LogP contribution is -2.54. The summed E-state index contributed by atoms with van der Waals surface area (Å²) < 4.78 is 1.10. The maximum Gasteiger partial charge on any atom is 0.233 e. The zero-order valence-electron chi connectivity index (χ0n) is 10.4. The Balaban J connectivity index is 1.94. The van der Waals surface area contributed by atoms with Crippen molar-refractivity contribution in [3.8, 4) is 0 Å². The molecule has 18 heavy (non-hydrogen) atoms. The fourth-order valence-electron chi connectivity index (χ4n) is 1.80. The zero-order valence-corrected chi connectivity index (χ0v) is 12.8. The predicted octanol–water partition coefficient (Wildman–Crippen LogP) is 2.36. The molecule has 2 rings (SSSR count). The van der Waals surface area contributed by atoms with Crippen LogP contribution in [0.25, 0.3) is 0 Å². The Bertz CT molecular complexity index is 472. The van der Waals surface area contributed by atoms with Gasteiger partial charge in [0.1, 0.15) is 0 Å². The summed E-state index contributed by atoms with van der Waals surface area (Å²) in [5.74, 6) is 0.541. The number of thioether (sulfide) groups is 1. The van der Waals surface area contributed by atoms with Crippen molar-refractivity contribution in [2.24, 2.45) is 0 Å². The molecule has 1 aromatic carbocycles. The van der Waals surface area contributed by atoms with Gasteiger partial charge in [0.2, 0.25) is 5.91 Å². The number of rotatable bonds is 3. The van der Waals surface area contributed by atoms with Gasteiger partial charge < -0.3 is 10.0 Å². The maximum absolute atomic E-state index is 11.8. The summed E-state index contributed by atoms with van der Waals surface area (Å²) in [4.78, 5) is 14.6. The van der Waals surface area contributed by atoms with E-state index in [2.05, 4.69) is 28.1 Å². The van der Waals surface area contributed by atoms with E-state index in [4.69, 9.17) is 5.11 Å². The van der Waals surface area contributed by atoms with Gasteiger partial charge in [0, 0.05) is 22.5 Å². The minimum Gasteiger partial charge on any atom is -0.389 e. The van der Waals surface area contributed by atoms with Gasteiger partial charge in [-0.25, -0.2) is 0 Å². The molecule has 0 atom stereocenters. The summed E-state index contributed by atoms with van der Waals surface area (Å²) in [6.07, 6.45) is -0.324.